The lowest BCUT2D eigenvalue weighted by atomic mass is 9.92. The third-order valence-electron chi connectivity index (χ3n) is 4.27. The van der Waals surface area contributed by atoms with Gasteiger partial charge in [-0.3, -0.25) is 4.79 Å². The van der Waals surface area contributed by atoms with Crippen molar-refractivity contribution in [3.8, 4) is 0 Å². The topological polar surface area (TPSA) is 54.0 Å². The van der Waals surface area contributed by atoms with Gasteiger partial charge >= 0.3 is 0 Å². The van der Waals surface area contributed by atoms with Crippen LogP contribution in [0.1, 0.15) is 25.0 Å². The van der Waals surface area contributed by atoms with Gasteiger partial charge in [0.05, 0.1) is 11.2 Å². The SMILES string of the molecule is O=C(NCCc1cscn1)C1CC12CCNCC2. The fourth-order valence-corrected chi connectivity index (χ4v) is 3.59. The Hall–Kier alpha value is -0.940. The van der Waals surface area contributed by atoms with Crippen LogP contribution in [-0.2, 0) is 11.2 Å². The fraction of sp³-hybridized carbons (Fsp3) is 0.692. The maximum absolute atomic E-state index is 12.1. The van der Waals surface area contributed by atoms with Gasteiger partial charge in [-0.05, 0) is 37.8 Å². The zero-order valence-corrected chi connectivity index (χ0v) is 11.3. The molecule has 1 saturated carbocycles. The van der Waals surface area contributed by atoms with Gasteiger partial charge in [-0.1, -0.05) is 0 Å². The maximum Gasteiger partial charge on any atom is 0.223 e. The van der Waals surface area contributed by atoms with Crippen molar-refractivity contribution in [2.45, 2.75) is 25.7 Å². The van der Waals surface area contributed by atoms with E-state index in [0.29, 0.717) is 12.0 Å². The molecule has 18 heavy (non-hydrogen) atoms. The van der Waals surface area contributed by atoms with Crippen LogP contribution in [-0.4, -0.2) is 30.5 Å². The quantitative estimate of drug-likeness (QED) is 0.860. The van der Waals surface area contributed by atoms with Crippen LogP contribution in [0.2, 0.25) is 0 Å². The molecule has 2 fully saturated rings. The van der Waals surface area contributed by atoms with Crippen LogP contribution in [0.3, 0.4) is 0 Å². The molecule has 1 amide bonds. The Balaban J connectivity index is 1.43. The first-order valence-electron chi connectivity index (χ1n) is 6.66. The molecule has 1 atom stereocenters. The van der Waals surface area contributed by atoms with Crippen molar-refractivity contribution in [3.63, 3.8) is 0 Å². The second-order valence-electron chi connectivity index (χ2n) is 5.39. The summed E-state index contributed by atoms with van der Waals surface area (Å²) in [7, 11) is 0. The Kier molecular flexibility index (Phi) is 3.35. The van der Waals surface area contributed by atoms with Crippen molar-refractivity contribution in [2.75, 3.05) is 19.6 Å². The van der Waals surface area contributed by atoms with E-state index in [1.165, 1.54) is 0 Å². The standard InChI is InChI=1S/C13H19N3OS/c17-12(15-4-1-10-8-18-9-16-10)11-7-13(11)2-5-14-6-3-13/h8-9,11,14H,1-7H2,(H,15,17). The summed E-state index contributed by atoms with van der Waals surface area (Å²) in [4.78, 5) is 16.3. The minimum Gasteiger partial charge on any atom is -0.355 e. The van der Waals surface area contributed by atoms with Gasteiger partial charge in [0.15, 0.2) is 0 Å². The van der Waals surface area contributed by atoms with E-state index >= 15 is 0 Å². The summed E-state index contributed by atoms with van der Waals surface area (Å²) in [6, 6.07) is 0. The Morgan fingerprint density at radius 3 is 3.11 bits per heavy atom. The number of amides is 1. The molecular formula is C13H19N3OS. The highest BCUT2D eigenvalue weighted by atomic mass is 32.1. The Morgan fingerprint density at radius 2 is 2.39 bits per heavy atom. The lowest BCUT2D eigenvalue weighted by Gasteiger charge is -2.23. The monoisotopic (exact) mass is 265 g/mol. The molecule has 0 aromatic carbocycles. The third kappa shape index (κ3) is 2.42. The number of thiazole rings is 1. The lowest BCUT2D eigenvalue weighted by molar-refractivity contribution is -0.123. The van der Waals surface area contributed by atoms with Gasteiger partial charge in [0, 0.05) is 24.3 Å². The molecule has 1 aromatic rings. The first-order valence-corrected chi connectivity index (χ1v) is 7.60. The van der Waals surface area contributed by atoms with Crippen molar-refractivity contribution in [2.24, 2.45) is 11.3 Å². The average Bonchev–Trinajstić information content (AvgIpc) is 2.85. The fourth-order valence-electron chi connectivity index (χ4n) is 2.99. The smallest absolute Gasteiger partial charge is 0.223 e. The lowest BCUT2D eigenvalue weighted by Crippen LogP contribution is -2.34. The minimum absolute atomic E-state index is 0.257. The van der Waals surface area contributed by atoms with E-state index in [9.17, 15) is 4.79 Å². The Morgan fingerprint density at radius 1 is 1.56 bits per heavy atom. The van der Waals surface area contributed by atoms with Crippen molar-refractivity contribution in [1.82, 2.24) is 15.6 Å². The van der Waals surface area contributed by atoms with Gasteiger partial charge in [0.2, 0.25) is 5.91 Å². The largest absolute Gasteiger partial charge is 0.355 e. The van der Waals surface area contributed by atoms with Crippen LogP contribution in [0.15, 0.2) is 10.9 Å². The predicted molar refractivity (Wildman–Crippen MR) is 71.5 cm³/mol. The molecule has 2 heterocycles. The minimum atomic E-state index is 0.257. The number of carbonyl (C=O) groups excluding carboxylic acids is 1. The number of hydrogen-bond donors (Lipinski definition) is 2. The Bertz CT molecular complexity index is 412. The van der Waals surface area contributed by atoms with E-state index in [-0.39, 0.29) is 11.8 Å². The van der Waals surface area contributed by atoms with Crippen molar-refractivity contribution in [3.05, 3.63) is 16.6 Å². The second-order valence-corrected chi connectivity index (χ2v) is 6.11. The number of carbonyl (C=O) groups is 1. The molecule has 0 bridgehead atoms. The number of nitrogens with zero attached hydrogens (tertiary/aromatic N) is 1. The van der Waals surface area contributed by atoms with Crippen molar-refractivity contribution < 1.29 is 4.79 Å². The van der Waals surface area contributed by atoms with Gasteiger partial charge in [-0.15, -0.1) is 11.3 Å². The summed E-state index contributed by atoms with van der Waals surface area (Å²) in [5, 5.41) is 8.46. The third-order valence-corrected chi connectivity index (χ3v) is 4.90. The first kappa shape index (κ1) is 12.1. The molecule has 2 aliphatic rings. The van der Waals surface area contributed by atoms with Gasteiger partial charge in [0.25, 0.3) is 0 Å². The summed E-state index contributed by atoms with van der Waals surface area (Å²) in [5.41, 5.74) is 3.26. The second kappa shape index (κ2) is 4.97. The van der Waals surface area contributed by atoms with Gasteiger partial charge in [-0.25, -0.2) is 4.98 Å². The molecule has 3 rings (SSSR count). The van der Waals surface area contributed by atoms with Crippen LogP contribution >= 0.6 is 11.3 Å². The van der Waals surface area contributed by atoms with E-state index < -0.39 is 0 Å². The molecule has 1 aromatic heterocycles. The highest BCUT2D eigenvalue weighted by molar-refractivity contribution is 7.07. The first-order chi connectivity index (χ1) is 8.80. The number of rotatable bonds is 4. The Labute approximate surface area is 111 Å². The summed E-state index contributed by atoms with van der Waals surface area (Å²) < 4.78 is 0. The van der Waals surface area contributed by atoms with Gasteiger partial charge < -0.3 is 10.6 Å². The summed E-state index contributed by atoms with van der Waals surface area (Å²) >= 11 is 1.60. The number of nitrogens with one attached hydrogen (secondary N) is 2. The zero-order valence-electron chi connectivity index (χ0n) is 10.4. The van der Waals surface area contributed by atoms with Crippen molar-refractivity contribution >= 4 is 17.2 Å². The van der Waals surface area contributed by atoms with E-state index in [1.807, 2.05) is 10.9 Å². The highest BCUT2D eigenvalue weighted by Crippen LogP contribution is 2.58. The molecule has 1 aliphatic carbocycles. The molecule has 1 saturated heterocycles. The molecule has 98 valence electrons. The molecule has 2 N–H and O–H groups in total. The van der Waals surface area contributed by atoms with E-state index in [0.717, 1.165) is 44.5 Å². The molecule has 1 spiro atoms. The van der Waals surface area contributed by atoms with Gasteiger partial charge in [-0.2, -0.15) is 0 Å². The summed E-state index contributed by atoms with van der Waals surface area (Å²) in [6.07, 6.45) is 4.27. The molecule has 1 unspecified atom stereocenters. The summed E-state index contributed by atoms with van der Waals surface area (Å²) in [5.74, 6) is 0.530. The van der Waals surface area contributed by atoms with Crippen LogP contribution in [0.5, 0.6) is 0 Å². The number of piperidine rings is 1. The van der Waals surface area contributed by atoms with Gasteiger partial charge in [0.1, 0.15) is 0 Å². The van der Waals surface area contributed by atoms with Crippen LogP contribution in [0, 0.1) is 11.3 Å². The maximum atomic E-state index is 12.1. The van der Waals surface area contributed by atoms with E-state index in [2.05, 4.69) is 15.6 Å². The highest BCUT2D eigenvalue weighted by Gasteiger charge is 2.57. The van der Waals surface area contributed by atoms with Crippen molar-refractivity contribution in [1.29, 1.82) is 0 Å². The zero-order chi connectivity index (χ0) is 12.4. The normalized spacial score (nSPS) is 25.0. The van der Waals surface area contributed by atoms with Crippen LogP contribution in [0.25, 0.3) is 0 Å². The summed E-state index contributed by atoms with van der Waals surface area (Å²) in [6.45, 7) is 2.86. The van der Waals surface area contributed by atoms with Crippen LogP contribution in [0.4, 0.5) is 0 Å². The average molecular weight is 265 g/mol. The predicted octanol–water partition coefficient (Wildman–Crippen LogP) is 1.19. The molecule has 1 aliphatic heterocycles. The molecule has 0 radical (unpaired) electrons. The van der Waals surface area contributed by atoms with E-state index in [1.54, 1.807) is 11.3 Å². The molecule has 5 heteroatoms. The number of aromatic nitrogens is 1. The number of hydrogen-bond acceptors (Lipinski definition) is 4. The molecule has 4 nitrogen and oxygen atoms in total. The van der Waals surface area contributed by atoms with Crippen LogP contribution < -0.4 is 10.6 Å². The van der Waals surface area contributed by atoms with E-state index in [4.69, 9.17) is 0 Å². The molecular weight excluding hydrogens is 246 g/mol.